The van der Waals surface area contributed by atoms with E-state index in [-0.39, 0.29) is 0 Å². The minimum absolute atomic E-state index is 0.507. The summed E-state index contributed by atoms with van der Waals surface area (Å²) in [5.74, 6) is 2.62. The van der Waals surface area contributed by atoms with E-state index in [1.165, 1.54) is 0 Å². The Morgan fingerprint density at radius 2 is 2.33 bits per heavy atom. The molecule has 0 fully saturated rings. The van der Waals surface area contributed by atoms with Crippen LogP contribution in [0, 0.1) is 6.92 Å². The van der Waals surface area contributed by atoms with E-state index in [2.05, 4.69) is 17.2 Å². The van der Waals surface area contributed by atoms with Gasteiger partial charge in [0.05, 0.1) is 12.7 Å². The van der Waals surface area contributed by atoms with Gasteiger partial charge in [-0.1, -0.05) is 6.92 Å². The van der Waals surface area contributed by atoms with Crippen LogP contribution in [0.4, 0.5) is 0 Å². The molecule has 0 spiro atoms. The molecule has 0 aliphatic carbocycles. The van der Waals surface area contributed by atoms with Crippen LogP contribution in [0.1, 0.15) is 24.0 Å². The third-order valence-corrected chi connectivity index (χ3v) is 2.65. The second-order valence-corrected chi connectivity index (χ2v) is 4.05. The van der Waals surface area contributed by atoms with Crippen molar-refractivity contribution in [2.24, 2.45) is 0 Å². The molecule has 0 saturated heterocycles. The van der Waals surface area contributed by atoms with Crippen LogP contribution >= 0.6 is 0 Å². The molecule has 0 aliphatic heterocycles. The number of hydrogen-bond donors (Lipinski definition) is 1. The molecule has 4 heteroatoms. The summed E-state index contributed by atoms with van der Waals surface area (Å²) in [5.41, 5.74) is 1.08. The van der Waals surface area contributed by atoms with E-state index >= 15 is 0 Å². The van der Waals surface area contributed by atoms with Crippen molar-refractivity contribution < 1.29 is 9.15 Å². The average molecular weight is 246 g/mol. The number of pyridine rings is 1. The van der Waals surface area contributed by atoms with Crippen molar-refractivity contribution in [3.05, 3.63) is 47.7 Å². The maximum Gasteiger partial charge on any atom is 0.138 e. The lowest BCUT2D eigenvalue weighted by Gasteiger charge is -2.03. The Morgan fingerprint density at radius 3 is 3.06 bits per heavy atom. The highest BCUT2D eigenvalue weighted by atomic mass is 16.5. The predicted molar refractivity (Wildman–Crippen MR) is 69.4 cm³/mol. The standard InChI is InChI=1S/C14H18N2O2/c1-3-15-9-14-7-12(11(2)18-14)10-17-13-5-4-6-16-8-13/h4-8,15H,3,9-10H2,1-2H3. The quantitative estimate of drug-likeness (QED) is 0.851. The lowest BCUT2D eigenvalue weighted by atomic mass is 10.2. The van der Waals surface area contributed by atoms with Crippen LogP contribution in [0.25, 0.3) is 0 Å². The fourth-order valence-electron chi connectivity index (χ4n) is 1.66. The molecule has 4 nitrogen and oxygen atoms in total. The Morgan fingerprint density at radius 1 is 1.44 bits per heavy atom. The number of aryl methyl sites for hydroxylation is 1. The van der Waals surface area contributed by atoms with Gasteiger partial charge in [-0.2, -0.15) is 0 Å². The summed E-state index contributed by atoms with van der Waals surface area (Å²) < 4.78 is 11.3. The van der Waals surface area contributed by atoms with Gasteiger partial charge in [0.15, 0.2) is 0 Å². The van der Waals surface area contributed by atoms with Crippen LogP contribution in [0.3, 0.4) is 0 Å². The molecule has 0 saturated carbocycles. The van der Waals surface area contributed by atoms with Gasteiger partial charge in [-0.05, 0) is 31.7 Å². The first kappa shape index (κ1) is 12.6. The van der Waals surface area contributed by atoms with E-state index < -0.39 is 0 Å². The molecule has 0 bridgehead atoms. The summed E-state index contributed by atoms with van der Waals surface area (Å²) in [7, 11) is 0. The molecule has 2 aromatic rings. The first-order valence-corrected chi connectivity index (χ1v) is 6.11. The fraction of sp³-hybridized carbons (Fsp3) is 0.357. The van der Waals surface area contributed by atoms with Crippen LogP contribution in [0.2, 0.25) is 0 Å². The summed E-state index contributed by atoms with van der Waals surface area (Å²) in [4.78, 5) is 4.01. The zero-order valence-electron chi connectivity index (χ0n) is 10.8. The molecule has 2 aromatic heterocycles. The summed E-state index contributed by atoms with van der Waals surface area (Å²) in [6.45, 7) is 6.22. The summed E-state index contributed by atoms with van der Waals surface area (Å²) in [6, 6.07) is 5.78. The van der Waals surface area contributed by atoms with Gasteiger partial charge in [0.1, 0.15) is 23.9 Å². The third kappa shape index (κ3) is 3.34. The van der Waals surface area contributed by atoms with Crippen molar-refractivity contribution in [3.8, 4) is 5.75 Å². The molecule has 96 valence electrons. The first-order chi connectivity index (χ1) is 8.79. The highest BCUT2D eigenvalue weighted by Gasteiger charge is 2.07. The molecule has 0 radical (unpaired) electrons. The van der Waals surface area contributed by atoms with Crippen molar-refractivity contribution in [1.29, 1.82) is 0 Å². The van der Waals surface area contributed by atoms with Crippen LogP contribution in [0.15, 0.2) is 35.0 Å². The van der Waals surface area contributed by atoms with Crippen LogP contribution in [0.5, 0.6) is 5.75 Å². The van der Waals surface area contributed by atoms with Gasteiger partial charge in [0.25, 0.3) is 0 Å². The van der Waals surface area contributed by atoms with Crippen LogP contribution in [-0.2, 0) is 13.2 Å². The van der Waals surface area contributed by atoms with Gasteiger partial charge in [-0.15, -0.1) is 0 Å². The van der Waals surface area contributed by atoms with Crippen molar-refractivity contribution in [1.82, 2.24) is 10.3 Å². The minimum Gasteiger partial charge on any atom is -0.487 e. The number of nitrogens with one attached hydrogen (secondary N) is 1. The molecule has 1 N–H and O–H groups in total. The Kier molecular flexibility index (Phi) is 4.36. The summed E-state index contributed by atoms with van der Waals surface area (Å²) >= 11 is 0. The normalized spacial score (nSPS) is 10.6. The Hall–Kier alpha value is -1.81. The van der Waals surface area contributed by atoms with E-state index in [0.29, 0.717) is 6.61 Å². The molecule has 0 aliphatic rings. The zero-order valence-corrected chi connectivity index (χ0v) is 10.8. The van der Waals surface area contributed by atoms with Crippen LogP contribution in [-0.4, -0.2) is 11.5 Å². The number of nitrogens with zero attached hydrogens (tertiary/aromatic N) is 1. The highest BCUT2D eigenvalue weighted by Crippen LogP contribution is 2.17. The second kappa shape index (κ2) is 6.21. The minimum atomic E-state index is 0.507. The number of aromatic nitrogens is 1. The topological polar surface area (TPSA) is 47.3 Å². The van der Waals surface area contributed by atoms with Gasteiger partial charge >= 0.3 is 0 Å². The number of hydrogen-bond acceptors (Lipinski definition) is 4. The molecule has 2 rings (SSSR count). The lowest BCUT2D eigenvalue weighted by Crippen LogP contribution is -2.10. The maximum absolute atomic E-state index is 5.65. The summed E-state index contributed by atoms with van der Waals surface area (Å²) in [6.07, 6.45) is 3.43. The Balaban J connectivity index is 1.95. The number of furan rings is 1. The fourth-order valence-corrected chi connectivity index (χ4v) is 1.66. The predicted octanol–water partition coefficient (Wildman–Crippen LogP) is 2.67. The molecule has 18 heavy (non-hydrogen) atoms. The van der Waals surface area contributed by atoms with E-state index in [9.17, 15) is 0 Å². The van der Waals surface area contributed by atoms with E-state index in [0.717, 1.165) is 35.9 Å². The number of rotatable bonds is 6. The largest absolute Gasteiger partial charge is 0.487 e. The number of ether oxygens (including phenoxy) is 1. The molecule has 0 atom stereocenters. The van der Waals surface area contributed by atoms with Gasteiger partial charge in [0, 0.05) is 11.8 Å². The summed E-state index contributed by atoms with van der Waals surface area (Å²) in [5, 5.41) is 3.23. The monoisotopic (exact) mass is 246 g/mol. The van der Waals surface area contributed by atoms with Crippen LogP contribution < -0.4 is 10.1 Å². The van der Waals surface area contributed by atoms with Crippen molar-refractivity contribution in [2.75, 3.05) is 6.54 Å². The highest BCUT2D eigenvalue weighted by molar-refractivity contribution is 5.22. The van der Waals surface area contributed by atoms with Crippen molar-refractivity contribution in [2.45, 2.75) is 27.0 Å². The van der Waals surface area contributed by atoms with E-state index in [4.69, 9.17) is 9.15 Å². The SMILES string of the molecule is CCNCc1cc(COc2cccnc2)c(C)o1. The van der Waals surface area contributed by atoms with Crippen molar-refractivity contribution in [3.63, 3.8) is 0 Å². The van der Waals surface area contributed by atoms with Gasteiger partial charge in [-0.25, -0.2) is 0 Å². The second-order valence-electron chi connectivity index (χ2n) is 4.05. The van der Waals surface area contributed by atoms with E-state index in [1.54, 1.807) is 12.4 Å². The van der Waals surface area contributed by atoms with Gasteiger partial charge in [0.2, 0.25) is 0 Å². The zero-order chi connectivity index (χ0) is 12.8. The molecule has 2 heterocycles. The van der Waals surface area contributed by atoms with Crippen molar-refractivity contribution >= 4 is 0 Å². The maximum atomic E-state index is 5.65. The molecule has 0 aromatic carbocycles. The average Bonchev–Trinajstić information content (AvgIpc) is 2.76. The lowest BCUT2D eigenvalue weighted by molar-refractivity contribution is 0.302. The molecular formula is C14H18N2O2. The van der Waals surface area contributed by atoms with E-state index in [1.807, 2.05) is 25.1 Å². The molecular weight excluding hydrogens is 228 g/mol. The third-order valence-electron chi connectivity index (χ3n) is 2.65. The Labute approximate surface area is 107 Å². The molecule has 0 amide bonds. The smallest absolute Gasteiger partial charge is 0.138 e. The Bertz CT molecular complexity index is 480. The van der Waals surface area contributed by atoms with Gasteiger partial charge < -0.3 is 14.5 Å². The first-order valence-electron chi connectivity index (χ1n) is 6.11. The van der Waals surface area contributed by atoms with Gasteiger partial charge in [-0.3, -0.25) is 4.98 Å². The molecule has 0 unspecified atom stereocenters.